The van der Waals surface area contributed by atoms with Crippen LogP contribution in [0, 0.1) is 0 Å². The highest BCUT2D eigenvalue weighted by atomic mass is 16.5. The molecule has 0 aliphatic rings. The molecule has 0 saturated heterocycles. The fourth-order valence-electron chi connectivity index (χ4n) is 1.81. The summed E-state index contributed by atoms with van der Waals surface area (Å²) in [6.07, 6.45) is 3.29. The van der Waals surface area contributed by atoms with Crippen molar-refractivity contribution in [2.75, 3.05) is 11.9 Å². The zero-order valence-electron chi connectivity index (χ0n) is 12.5. The molecular weight excluding hydrogens is 250 g/mol. The van der Waals surface area contributed by atoms with Gasteiger partial charge < -0.3 is 10.1 Å². The van der Waals surface area contributed by atoms with Crippen molar-refractivity contribution in [3.05, 3.63) is 42.2 Å². The lowest BCUT2D eigenvalue weighted by molar-refractivity contribution is 0.460. The van der Waals surface area contributed by atoms with Crippen LogP contribution < -0.4 is 10.1 Å². The second kappa shape index (κ2) is 5.90. The Morgan fingerprint density at radius 1 is 1.10 bits per heavy atom. The highest BCUT2D eigenvalue weighted by Gasteiger charge is 2.13. The van der Waals surface area contributed by atoms with Crippen molar-refractivity contribution in [2.45, 2.75) is 33.1 Å². The Hall–Kier alpha value is -2.10. The number of aromatic nitrogens is 2. The second-order valence-corrected chi connectivity index (χ2v) is 5.65. The molecule has 106 valence electrons. The molecular formula is C16H21N3O. The molecule has 0 spiro atoms. The smallest absolute Gasteiger partial charge is 0.239 e. The van der Waals surface area contributed by atoms with Gasteiger partial charge in [0.1, 0.15) is 11.6 Å². The van der Waals surface area contributed by atoms with Gasteiger partial charge >= 0.3 is 0 Å². The zero-order valence-corrected chi connectivity index (χ0v) is 12.5. The fourth-order valence-corrected chi connectivity index (χ4v) is 1.81. The third kappa shape index (κ3) is 3.70. The van der Waals surface area contributed by atoms with Crippen molar-refractivity contribution in [1.29, 1.82) is 0 Å². The standard InChI is InChI=1S/C16H21N3O/c1-5-18-14-10-17-11-15(19-14)20-13-8-6-12(7-9-13)16(2,3)4/h6-11H,5H2,1-4H3,(H,18,19). The molecule has 0 unspecified atom stereocenters. The lowest BCUT2D eigenvalue weighted by Crippen LogP contribution is -2.10. The van der Waals surface area contributed by atoms with Crippen molar-refractivity contribution in [1.82, 2.24) is 9.97 Å². The first-order valence-corrected chi connectivity index (χ1v) is 6.83. The summed E-state index contributed by atoms with van der Waals surface area (Å²) in [6, 6.07) is 8.08. The van der Waals surface area contributed by atoms with Gasteiger partial charge in [0, 0.05) is 6.54 Å². The lowest BCUT2D eigenvalue weighted by atomic mass is 9.87. The van der Waals surface area contributed by atoms with E-state index in [1.807, 2.05) is 19.1 Å². The van der Waals surface area contributed by atoms with Crippen molar-refractivity contribution in [3.63, 3.8) is 0 Å². The molecule has 1 heterocycles. The van der Waals surface area contributed by atoms with Gasteiger partial charge in [-0.15, -0.1) is 0 Å². The zero-order chi connectivity index (χ0) is 14.6. The number of anilines is 1. The van der Waals surface area contributed by atoms with Crippen molar-refractivity contribution >= 4 is 5.82 Å². The van der Waals surface area contributed by atoms with Gasteiger partial charge in [-0.05, 0) is 30.0 Å². The molecule has 1 aromatic carbocycles. The Morgan fingerprint density at radius 3 is 2.40 bits per heavy atom. The minimum absolute atomic E-state index is 0.142. The molecule has 0 radical (unpaired) electrons. The molecule has 20 heavy (non-hydrogen) atoms. The van der Waals surface area contributed by atoms with Crippen LogP contribution in [0.3, 0.4) is 0 Å². The molecule has 4 heteroatoms. The number of nitrogens with one attached hydrogen (secondary N) is 1. The Morgan fingerprint density at radius 2 is 1.80 bits per heavy atom. The maximum absolute atomic E-state index is 5.72. The van der Waals surface area contributed by atoms with Crippen LogP contribution >= 0.6 is 0 Å². The third-order valence-corrected chi connectivity index (χ3v) is 2.91. The van der Waals surface area contributed by atoms with Gasteiger partial charge in [-0.25, -0.2) is 0 Å². The average Bonchev–Trinajstić information content (AvgIpc) is 2.39. The van der Waals surface area contributed by atoms with Crippen molar-refractivity contribution in [2.24, 2.45) is 0 Å². The summed E-state index contributed by atoms with van der Waals surface area (Å²) in [5, 5.41) is 3.11. The van der Waals surface area contributed by atoms with Gasteiger partial charge in [-0.2, -0.15) is 4.98 Å². The Bertz CT molecular complexity index is 559. The number of hydrogen-bond donors (Lipinski definition) is 1. The maximum Gasteiger partial charge on any atom is 0.239 e. The summed E-state index contributed by atoms with van der Waals surface area (Å²) >= 11 is 0. The highest BCUT2D eigenvalue weighted by molar-refractivity contribution is 5.36. The van der Waals surface area contributed by atoms with Gasteiger partial charge in [0.15, 0.2) is 0 Å². The van der Waals surface area contributed by atoms with Crippen LogP contribution in [0.4, 0.5) is 5.82 Å². The number of benzene rings is 1. The van der Waals surface area contributed by atoms with E-state index in [0.29, 0.717) is 5.88 Å². The summed E-state index contributed by atoms with van der Waals surface area (Å²) in [6.45, 7) is 9.38. The maximum atomic E-state index is 5.72. The van der Waals surface area contributed by atoms with Crippen LogP contribution in [0.15, 0.2) is 36.7 Å². The van der Waals surface area contributed by atoms with Crippen molar-refractivity contribution < 1.29 is 4.74 Å². The molecule has 2 aromatic rings. The van der Waals surface area contributed by atoms with E-state index in [9.17, 15) is 0 Å². The van der Waals surface area contributed by atoms with E-state index in [1.54, 1.807) is 12.4 Å². The summed E-state index contributed by atoms with van der Waals surface area (Å²) in [7, 11) is 0. The van der Waals surface area contributed by atoms with Crippen LogP contribution in [-0.4, -0.2) is 16.5 Å². The monoisotopic (exact) mass is 271 g/mol. The predicted molar refractivity (Wildman–Crippen MR) is 81.4 cm³/mol. The van der Waals surface area contributed by atoms with E-state index in [4.69, 9.17) is 4.74 Å². The van der Waals surface area contributed by atoms with Crippen LogP contribution in [-0.2, 0) is 5.41 Å². The highest BCUT2D eigenvalue weighted by Crippen LogP contribution is 2.26. The minimum Gasteiger partial charge on any atom is -0.437 e. The first-order chi connectivity index (χ1) is 9.49. The largest absolute Gasteiger partial charge is 0.437 e. The van der Waals surface area contributed by atoms with Gasteiger partial charge in [0.05, 0.1) is 12.4 Å². The first kappa shape index (κ1) is 14.3. The Kier molecular flexibility index (Phi) is 4.23. The van der Waals surface area contributed by atoms with Crippen LogP contribution in [0.2, 0.25) is 0 Å². The molecule has 2 rings (SSSR count). The molecule has 0 aliphatic carbocycles. The summed E-state index contributed by atoms with van der Waals surface area (Å²) in [5.41, 5.74) is 1.42. The predicted octanol–water partition coefficient (Wildman–Crippen LogP) is 4.00. The van der Waals surface area contributed by atoms with Gasteiger partial charge in [-0.1, -0.05) is 32.9 Å². The van der Waals surface area contributed by atoms with E-state index in [1.165, 1.54) is 5.56 Å². The summed E-state index contributed by atoms with van der Waals surface area (Å²) in [4.78, 5) is 8.44. The molecule has 1 N–H and O–H groups in total. The quantitative estimate of drug-likeness (QED) is 0.913. The van der Waals surface area contributed by atoms with E-state index < -0.39 is 0 Å². The van der Waals surface area contributed by atoms with Gasteiger partial charge in [0.2, 0.25) is 5.88 Å². The molecule has 0 atom stereocenters. The number of hydrogen-bond acceptors (Lipinski definition) is 4. The van der Waals surface area contributed by atoms with Crippen LogP contribution in [0.25, 0.3) is 0 Å². The average molecular weight is 271 g/mol. The summed E-state index contributed by atoms with van der Waals surface area (Å²) < 4.78 is 5.72. The number of rotatable bonds is 4. The molecule has 0 aliphatic heterocycles. The van der Waals surface area contributed by atoms with Gasteiger partial charge in [-0.3, -0.25) is 4.98 Å². The first-order valence-electron chi connectivity index (χ1n) is 6.83. The molecule has 1 aromatic heterocycles. The van der Waals surface area contributed by atoms with E-state index in [0.717, 1.165) is 18.1 Å². The minimum atomic E-state index is 0.142. The Labute approximate surface area is 120 Å². The van der Waals surface area contributed by atoms with E-state index in [-0.39, 0.29) is 5.41 Å². The molecule has 0 fully saturated rings. The SMILES string of the molecule is CCNc1cncc(Oc2ccc(C(C)(C)C)cc2)n1. The molecule has 0 saturated carbocycles. The molecule has 0 amide bonds. The van der Waals surface area contributed by atoms with Gasteiger partial charge in [0.25, 0.3) is 0 Å². The summed E-state index contributed by atoms with van der Waals surface area (Å²) in [5.74, 6) is 1.98. The number of nitrogens with zero attached hydrogens (tertiary/aromatic N) is 2. The fraction of sp³-hybridized carbons (Fsp3) is 0.375. The molecule has 4 nitrogen and oxygen atoms in total. The Balaban J connectivity index is 2.12. The van der Waals surface area contributed by atoms with E-state index in [2.05, 4.69) is 48.2 Å². The van der Waals surface area contributed by atoms with Crippen LogP contribution in [0.5, 0.6) is 11.6 Å². The lowest BCUT2D eigenvalue weighted by Gasteiger charge is -2.19. The van der Waals surface area contributed by atoms with E-state index >= 15 is 0 Å². The third-order valence-electron chi connectivity index (χ3n) is 2.91. The van der Waals surface area contributed by atoms with Crippen molar-refractivity contribution in [3.8, 4) is 11.6 Å². The normalized spacial score (nSPS) is 11.2. The number of ether oxygens (including phenoxy) is 1. The van der Waals surface area contributed by atoms with Crippen LogP contribution in [0.1, 0.15) is 33.3 Å². The molecule has 0 bridgehead atoms. The second-order valence-electron chi connectivity index (χ2n) is 5.65. The topological polar surface area (TPSA) is 47.0 Å².